The fourth-order valence-corrected chi connectivity index (χ4v) is 9.77. The Labute approximate surface area is 267 Å². The van der Waals surface area contributed by atoms with Gasteiger partial charge in [0.15, 0.2) is 18.5 Å². The molecule has 10 nitrogen and oxygen atoms in total. The number of rotatable bonds is 8. The maximum absolute atomic E-state index is 12.4. The number of nitrogens with one attached hydrogen (secondary N) is 1. The van der Waals surface area contributed by atoms with E-state index in [-0.39, 0.29) is 24.0 Å². The molecule has 0 aromatic heterocycles. The van der Waals surface area contributed by atoms with Crippen LogP contribution < -0.4 is 5.32 Å². The standard InChI is InChI=1S/C35H51NO9/c1-8-23-10-12-27-26-11-9-24-17-25(13-15-35(24,7)28(26)14-16-34(23,27)6)44-33-30(36-19(2)37)32(43-22(5)40)31(42-21(4)39)29(45-33)18-41-20(3)38/h8-9,23,25-33H,1,10-18H2,2-7H3,(H,36,37)/t23-,25?,26-,27-,28-,29?,30?,31?,32?,33?,34+,35-/m0/s1. The highest BCUT2D eigenvalue weighted by molar-refractivity contribution is 5.73. The number of allylic oxidation sites excluding steroid dienone is 2. The molecule has 45 heavy (non-hydrogen) atoms. The molecule has 0 radical (unpaired) electrons. The molecule has 0 bridgehead atoms. The van der Waals surface area contributed by atoms with Crippen molar-refractivity contribution in [3.8, 4) is 0 Å². The Morgan fingerprint density at radius 1 is 0.956 bits per heavy atom. The number of amides is 1. The van der Waals surface area contributed by atoms with E-state index in [0.717, 1.165) is 31.6 Å². The average Bonchev–Trinajstić information content (AvgIpc) is 3.31. The van der Waals surface area contributed by atoms with Crippen LogP contribution in [0.5, 0.6) is 0 Å². The molecule has 12 atom stereocenters. The number of ether oxygens (including phenoxy) is 5. The lowest BCUT2D eigenvalue weighted by Gasteiger charge is -2.58. The molecule has 1 saturated heterocycles. The molecule has 6 unspecified atom stereocenters. The van der Waals surface area contributed by atoms with Crippen molar-refractivity contribution in [1.29, 1.82) is 0 Å². The van der Waals surface area contributed by atoms with Crippen LogP contribution in [-0.2, 0) is 42.9 Å². The largest absolute Gasteiger partial charge is 0.463 e. The van der Waals surface area contributed by atoms with Crippen molar-refractivity contribution in [2.24, 2.45) is 34.5 Å². The van der Waals surface area contributed by atoms with Gasteiger partial charge >= 0.3 is 17.9 Å². The minimum Gasteiger partial charge on any atom is -0.463 e. The molecule has 4 aliphatic carbocycles. The summed E-state index contributed by atoms with van der Waals surface area (Å²) in [6, 6.07) is -0.960. The summed E-state index contributed by atoms with van der Waals surface area (Å²) in [5, 5.41) is 2.81. The van der Waals surface area contributed by atoms with Gasteiger partial charge in [-0.15, -0.1) is 6.58 Å². The van der Waals surface area contributed by atoms with E-state index >= 15 is 0 Å². The first kappa shape index (κ1) is 33.6. The van der Waals surface area contributed by atoms with Gasteiger partial charge in [0.1, 0.15) is 18.8 Å². The van der Waals surface area contributed by atoms with Crippen LogP contribution in [0.2, 0.25) is 0 Å². The van der Waals surface area contributed by atoms with Gasteiger partial charge in [0.05, 0.1) is 6.10 Å². The van der Waals surface area contributed by atoms with Gasteiger partial charge in [-0.2, -0.15) is 0 Å². The minimum atomic E-state index is -1.14. The maximum Gasteiger partial charge on any atom is 0.303 e. The first-order valence-corrected chi connectivity index (χ1v) is 16.6. The Morgan fingerprint density at radius 2 is 1.67 bits per heavy atom. The van der Waals surface area contributed by atoms with Crippen LogP contribution in [-0.4, -0.2) is 67.2 Å². The van der Waals surface area contributed by atoms with Gasteiger partial charge in [0, 0.05) is 27.7 Å². The normalized spacial score (nSPS) is 42.1. The summed E-state index contributed by atoms with van der Waals surface area (Å²) in [5.41, 5.74) is 1.89. The molecule has 10 heteroatoms. The lowest BCUT2D eigenvalue weighted by Crippen LogP contribution is -2.67. The smallest absolute Gasteiger partial charge is 0.303 e. The lowest BCUT2D eigenvalue weighted by molar-refractivity contribution is -0.289. The molecule has 1 heterocycles. The monoisotopic (exact) mass is 629 g/mol. The van der Waals surface area contributed by atoms with Crippen molar-refractivity contribution < 1.29 is 42.9 Å². The van der Waals surface area contributed by atoms with Gasteiger partial charge in [-0.05, 0) is 85.9 Å². The molecule has 5 aliphatic rings. The van der Waals surface area contributed by atoms with E-state index < -0.39 is 48.6 Å². The fraction of sp³-hybridized carbons (Fsp3) is 0.771. The molecule has 4 fully saturated rings. The molecule has 1 N–H and O–H groups in total. The second-order valence-corrected chi connectivity index (χ2v) is 14.4. The topological polar surface area (TPSA) is 126 Å². The second-order valence-electron chi connectivity index (χ2n) is 14.4. The molecule has 1 aliphatic heterocycles. The van der Waals surface area contributed by atoms with Gasteiger partial charge in [-0.1, -0.05) is 31.6 Å². The zero-order chi connectivity index (χ0) is 32.7. The predicted octanol–water partition coefficient (Wildman–Crippen LogP) is 4.79. The van der Waals surface area contributed by atoms with Gasteiger partial charge < -0.3 is 29.0 Å². The molecule has 3 saturated carbocycles. The molecule has 1 amide bonds. The van der Waals surface area contributed by atoms with Crippen LogP contribution >= 0.6 is 0 Å². The SMILES string of the molecule is C=C[C@H]1CC[C@H]2[C@@H]3CC=C4CC(OC5OC(COC(C)=O)C(OC(C)=O)C(OC(C)=O)C5NC(C)=O)CC[C@]4(C)[C@H]3CC[C@]12C. The second kappa shape index (κ2) is 13.2. The van der Waals surface area contributed by atoms with Crippen LogP contribution in [0.1, 0.15) is 92.9 Å². The molecular formula is C35H51NO9. The summed E-state index contributed by atoms with van der Waals surface area (Å²) in [6.45, 7) is 13.9. The Hall–Kier alpha value is -2.72. The van der Waals surface area contributed by atoms with Crippen LogP contribution in [0.15, 0.2) is 24.3 Å². The quantitative estimate of drug-likeness (QED) is 0.229. The lowest BCUT2D eigenvalue weighted by atomic mass is 9.47. The van der Waals surface area contributed by atoms with Crippen molar-refractivity contribution >= 4 is 23.8 Å². The third-order valence-corrected chi connectivity index (χ3v) is 11.8. The molecule has 5 rings (SSSR count). The first-order chi connectivity index (χ1) is 21.3. The van der Waals surface area contributed by atoms with Crippen molar-refractivity contribution in [2.75, 3.05) is 6.61 Å². The minimum absolute atomic E-state index is 0.111. The summed E-state index contributed by atoms with van der Waals surface area (Å²) in [7, 11) is 0. The zero-order valence-corrected chi connectivity index (χ0v) is 27.7. The predicted molar refractivity (Wildman–Crippen MR) is 164 cm³/mol. The van der Waals surface area contributed by atoms with Gasteiger partial charge in [-0.25, -0.2) is 0 Å². The van der Waals surface area contributed by atoms with E-state index in [1.54, 1.807) is 0 Å². The highest BCUT2D eigenvalue weighted by Crippen LogP contribution is 2.66. The van der Waals surface area contributed by atoms with Crippen molar-refractivity contribution in [1.82, 2.24) is 5.32 Å². The Morgan fingerprint density at radius 3 is 2.31 bits per heavy atom. The van der Waals surface area contributed by atoms with Crippen molar-refractivity contribution in [3.05, 3.63) is 24.3 Å². The third kappa shape index (κ3) is 6.59. The fourth-order valence-electron chi connectivity index (χ4n) is 9.77. The molecule has 0 aromatic carbocycles. The van der Waals surface area contributed by atoms with Crippen LogP contribution in [0, 0.1) is 34.5 Å². The maximum atomic E-state index is 12.4. The number of fused-ring (bicyclic) bond motifs is 5. The van der Waals surface area contributed by atoms with Gasteiger partial charge in [0.25, 0.3) is 0 Å². The molecular weight excluding hydrogens is 578 g/mol. The number of esters is 3. The summed E-state index contributed by atoms with van der Waals surface area (Å²) < 4.78 is 29.3. The Kier molecular flexibility index (Phi) is 9.85. The number of hydrogen-bond acceptors (Lipinski definition) is 9. The highest BCUT2D eigenvalue weighted by atomic mass is 16.7. The van der Waals surface area contributed by atoms with Crippen LogP contribution in [0.3, 0.4) is 0 Å². The molecule has 0 spiro atoms. The van der Waals surface area contributed by atoms with Crippen molar-refractivity contribution in [3.63, 3.8) is 0 Å². The van der Waals surface area contributed by atoms with E-state index in [4.69, 9.17) is 23.7 Å². The van der Waals surface area contributed by atoms with Crippen molar-refractivity contribution in [2.45, 2.75) is 130 Å². The van der Waals surface area contributed by atoms with Gasteiger partial charge in [-0.3, -0.25) is 19.2 Å². The summed E-state index contributed by atoms with van der Waals surface area (Å²) >= 11 is 0. The molecule has 0 aromatic rings. The van der Waals surface area contributed by atoms with E-state index in [1.165, 1.54) is 59.0 Å². The van der Waals surface area contributed by atoms with Crippen LogP contribution in [0.25, 0.3) is 0 Å². The third-order valence-electron chi connectivity index (χ3n) is 11.8. The summed E-state index contributed by atoms with van der Waals surface area (Å²) in [5.74, 6) is 0.485. The number of carbonyl (C=O) groups is 4. The average molecular weight is 630 g/mol. The highest BCUT2D eigenvalue weighted by Gasteiger charge is 2.58. The van der Waals surface area contributed by atoms with E-state index in [2.05, 4.69) is 37.9 Å². The Balaban J connectivity index is 1.37. The summed E-state index contributed by atoms with van der Waals surface area (Å²) in [4.78, 5) is 48.3. The van der Waals surface area contributed by atoms with E-state index in [1.807, 2.05) is 0 Å². The number of carbonyl (C=O) groups excluding carboxylic acids is 4. The van der Waals surface area contributed by atoms with Gasteiger partial charge in [0.2, 0.25) is 5.91 Å². The Bertz CT molecular complexity index is 1220. The number of hydrogen-bond donors (Lipinski definition) is 1. The molecule has 250 valence electrons. The first-order valence-electron chi connectivity index (χ1n) is 16.6. The van der Waals surface area contributed by atoms with Crippen LogP contribution in [0.4, 0.5) is 0 Å². The van der Waals surface area contributed by atoms with E-state index in [0.29, 0.717) is 23.2 Å². The van der Waals surface area contributed by atoms with E-state index in [9.17, 15) is 19.2 Å². The zero-order valence-electron chi connectivity index (χ0n) is 27.7. The summed E-state index contributed by atoms with van der Waals surface area (Å²) in [6.07, 6.45) is 8.82.